The van der Waals surface area contributed by atoms with Crippen molar-refractivity contribution in [2.45, 2.75) is 37.8 Å². The van der Waals surface area contributed by atoms with Gasteiger partial charge in [-0.05, 0) is 19.3 Å². The molecule has 0 spiro atoms. The zero-order valence-corrected chi connectivity index (χ0v) is 10.4. The molecule has 0 saturated carbocycles. The van der Waals surface area contributed by atoms with E-state index in [-0.39, 0.29) is 12.1 Å². The normalized spacial score (nSPS) is 30.2. The minimum absolute atomic E-state index is 0.00785. The zero-order chi connectivity index (χ0) is 12.1. The molecule has 4 heteroatoms. The number of allylic oxidation sites excluding steroid dienone is 1. The summed E-state index contributed by atoms with van der Waals surface area (Å²) in [5.41, 5.74) is 0. The van der Waals surface area contributed by atoms with Crippen LogP contribution in [0, 0.1) is 0 Å². The Kier molecular flexibility index (Phi) is 4.57. The molecule has 2 atom stereocenters. The van der Waals surface area contributed by atoms with Crippen LogP contribution in [0.25, 0.3) is 0 Å². The maximum atomic E-state index is 11.2. The fraction of sp³-hybridized carbons (Fsp3) is 0.769. The van der Waals surface area contributed by atoms with E-state index in [9.17, 15) is 4.79 Å². The highest BCUT2D eigenvalue weighted by Gasteiger charge is 2.27. The molecule has 2 aliphatic rings. The molecule has 0 unspecified atom stereocenters. The van der Waals surface area contributed by atoms with Crippen LogP contribution in [0.3, 0.4) is 0 Å². The quantitative estimate of drug-likeness (QED) is 0.550. The van der Waals surface area contributed by atoms with Gasteiger partial charge in [-0.1, -0.05) is 12.2 Å². The van der Waals surface area contributed by atoms with Gasteiger partial charge in [-0.15, -0.1) is 0 Å². The van der Waals surface area contributed by atoms with Gasteiger partial charge in [0.25, 0.3) is 0 Å². The van der Waals surface area contributed by atoms with Crippen molar-refractivity contribution >= 4 is 5.97 Å². The van der Waals surface area contributed by atoms with E-state index in [2.05, 4.69) is 21.8 Å². The standard InChI is InChI=1S/C13H21NO3/c1-16-13(15)9-12-10-14(7-8-17-12)11-5-3-2-4-6-11/h3,5,11-12H,2,4,6-10H2,1H3/t11-,12+/m0/s1. The lowest BCUT2D eigenvalue weighted by atomic mass is 10.0. The second kappa shape index (κ2) is 6.17. The Labute approximate surface area is 103 Å². The first kappa shape index (κ1) is 12.6. The summed E-state index contributed by atoms with van der Waals surface area (Å²) in [5.74, 6) is -0.184. The predicted octanol–water partition coefficient (Wildman–Crippen LogP) is 1.36. The van der Waals surface area contributed by atoms with E-state index in [1.807, 2.05) is 0 Å². The second-order valence-corrected chi connectivity index (χ2v) is 4.69. The van der Waals surface area contributed by atoms with Gasteiger partial charge in [-0.25, -0.2) is 0 Å². The summed E-state index contributed by atoms with van der Waals surface area (Å²) in [7, 11) is 1.42. The Bertz CT molecular complexity index is 290. The van der Waals surface area contributed by atoms with E-state index >= 15 is 0 Å². The van der Waals surface area contributed by atoms with Crippen molar-refractivity contribution in [3.8, 4) is 0 Å². The number of ether oxygens (including phenoxy) is 2. The van der Waals surface area contributed by atoms with Gasteiger partial charge in [-0.2, -0.15) is 0 Å². The number of rotatable bonds is 3. The summed E-state index contributed by atoms with van der Waals surface area (Å²) in [6, 6.07) is 0.535. The van der Waals surface area contributed by atoms with Crippen molar-refractivity contribution in [1.29, 1.82) is 0 Å². The smallest absolute Gasteiger partial charge is 0.308 e. The van der Waals surface area contributed by atoms with Crippen molar-refractivity contribution in [1.82, 2.24) is 4.90 Å². The van der Waals surface area contributed by atoms with Crippen LogP contribution in [0.15, 0.2) is 12.2 Å². The Hall–Kier alpha value is -0.870. The summed E-state index contributed by atoms with van der Waals surface area (Å²) >= 11 is 0. The third kappa shape index (κ3) is 3.54. The molecule has 1 aliphatic carbocycles. The van der Waals surface area contributed by atoms with Crippen molar-refractivity contribution < 1.29 is 14.3 Å². The van der Waals surface area contributed by atoms with Crippen LogP contribution in [0.1, 0.15) is 25.7 Å². The fourth-order valence-electron chi connectivity index (χ4n) is 2.53. The van der Waals surface area contributed by atoms with Gasteiger partial charge in [0.2, 0.25) is 0 Å². The Morgan fingerprint density at radius 3 is 3.18 bits per heavy atom. The van der Waals surface area contributed by atoms with Crippen LogP contribution in [-0.4, -0.2) is 49.8 Å². The number of esters is 1. The van der Waals surface area contributed by atoms with Crippen molar-refractivity contribution in [3.63, 3.8) is 0 Å². The average molecular weight is 239 g/mol. The molecule has 1 aliphatic heterocycles. The number of carbonyl (C=O) groups excluding carboxylic acids is 1. The van der Waals surface area contributed by atoms with E-state index in [0.717, 1.165) is 13.1 Å². The molecule has 0 bridgehead atoms. The van der Waals surface area contributed by atoms with E-state index in [0.29, 0.717) is 19.1 Å². The number of morpholine rings is 1. The van der Waals surface area contributed by atoms with Crippen LogP contribution < -0.4 is 0 Å². The summed E-state index contributed by atoms with van der Waals surface area (Å²) < 4.78 is 10.3. The van der Waals surface area contributed by atoms with Gasteiger partial charge in [0, 0.05) is 19.1 Å². The molecule has 0 aromatic rings. The van der Waals surface area contributed by atoms with Crippen LogP contribution in [0.4, 0.5) is 0 Å². The molecule has 0 aromatic carbocycles. The first-order chi connectivity index (χ1) is 8.29. The van der Waals surface area contributed by atoms with Gasteiger partial charge in [0.05, 0.1) is 26.2 Å². The highest BCUT2D eigenvalue weighted by Crippen LogP contribution is 2.20. The van der Waals surface area contributed by atoms with Crippen molar-refractivity contribution in [2.24, 2.45) is 0 Å². The maximum Gasteiger partial charge on any atom is 0.308 e. The zero-order valence-electron chi connectivity index (χ0n) is 10.4. The van der Waals surface area contributed by atoms with Crippen LogP contribution in [0.5, 0.6) is 0 Å². The van der Waals surface area contributed by atoms with Crippen LogP contribution in [-0.2, 0) is 14.3 Å². The first-order valence-corrected chi connectivity index (χ1v) is 6.38. The minimum atomic E-state index is -0.184. The average Bonchev–Trinajstić information content (AvgIpc) is 2.40. The monoisotopic (exact) mass is 239 g/mol. The molecule has 96 valence electrons. The topological polar surface area (TPSA) is 38.8 Å². The highest BCUT2D eigenvalue weighted by atomic mass is 16.5. The third-order valence-corrected chi connectivity index (χ3v) is 3.49. The Balaban J connectivity index is 1.85. The molecule has 4 nitrogen and oxygen atoms in total. The van der Waals surface area contributed by atoms with Crippen LogP contribution >= 0.6 is 0 Å². The number of nitrogens with zero attached hydrogens (tertiary/aromatic N) is 1. The molecular weight excluding hydrogens is 218 g/mol. The molecule has 0 amide bonds. The number of hydrogen-bond donors (Lipinski definition) is 0. The minimum Gasteiger partial charge on any atom is -0.469 e. The van der Waals surface area contributed by atoms with Gasteiger partial charge in [0.1, 0.15) is 0 Å². The van der Waals surface area contributed by atoms with Gasteiger partial charge in [0.15, 0.2) is 0 Å². The molecular formula is C13H21NO3. The number of carbonyl (C=O) groups is 1. The Morgan fingerprint density at radius 1 is 1.59 bits per heavy atom. The predicted molar refractivity (Wildman–Crippen MR) is 64.7 cm³/mol. The van der Waals surface area contributed by atoms with E-state index in [4.69, 9.17) is 4.74 Å². The van der Waals surface area contributed by atoms with Gasteiger partial charge < -0.3 is 9.47 Å². The summed E-state index contributed by atoms with van der Waals surface area (Å²) in [5, 5.41) is 0. The molecule has 1 heterocycles. The SMILES string of the molecule is COC(=O)C[C@@H]1CN([C@H]2C=CCCC2)CCO1. The summed E-state index contributed by atoms with van der Waals surface area (Å²) in [6.45, 7) is 2.52. The number of hydrogen-bond acceptors (Lipinski definition) is 4. The number of methoxy groups -OCH3 is 1. The van der Waals surface area contributed by atoms with E-state index in [1.54, 1.807) is 0 Å². The molecule has 1 saturated heterocycles. The highest BCUT2D eigenvalue weighted by molar-refractivity contribution is 5.69. The first-order valence-electron chi connectivity index (χ1n) is 6.38. The lowest BCUT2D eigenvalue weighted by Crippen LogP contribution is -2.48. The third-order valence-electron chi connectivity index (χ3n) is 3.49. The molecule has 1 fully saturated rings. The molecule has 2 rings (SSSR count). The van der Waals surface area contributed by atoms with Crippen LogP contribution in [0.2, 0.25) is 0 Å². The van der Waals surface area contributed by atoms with Crippen molar-refractivity contribution in [2.75, 3.05) is 26.8 Å². The van der Waals surface area contributed by atoms with Gasteiger partial charge in [-0.3, -0.25) is 9.69 Å². The Morgan fingerprint density at radius 2 is 2.47 bits per heavy atom. The molecule has 0 radical (unpaired) electrons. The lowest BCUT2D eigenvalue weighted by Gasteiger charge is -2.37. The maximum absolute atomic E-state index is 11.2. The van der Waals surface area contributed by atoms with Crippen molar-refractivity contribution in [3.05, 3.63) is 12.2 Å². The molecule has 17 heavy (non-hydrogen) atoms. The molecule has 0 N–H and O–H groups in total. The van der Waals surface area contributed by atoms with E-state index in [1.165, 1.54) is 26.4 Å². The second-order valence-electron chi connectivity index (χ2n) is 4.69. The largest absolute Gasteiger partial charge is 0.469 e. The summed E-state index contributed by atoms with van der Waals surface area (Å²) in [4.78, 5) is 13.7. The summed E-state index contributed by atoms with van der Waals surface area (Å²) in [6.07, 6.45) is 8.60. The van der Waals surface area contributed by atoms with Gasteiger partial charge >= 0.3 is 5.97 Å². The molecule has 0 aromatic heterocycles. The van der Waals surface area contributed by atoms with E-state index < -0.39 is 0 Å². The lowest BCUT2D eigenvalue weighted by molar-refractivity contribution is -0.146. The fourth-order valence-corrected chi connectivity index (χ4v) is 2.53.